The van der Waals surface area contributed by atoms with Gasteiger partial charge in [-0.15, -0.1) is 0 Å². The van der Waals surface area contributed by atoms with E-state index < -0.39 is 0 Å². The Bertz CT molecular complexity index is 481. The summed E-state index contributed by atoms with van der Waals surface area (Å²) in [7, 11) is 0. The zero-order valence-electron chi connectivity index (χ0n) is 13.6. The number of hydrogen-bond donors (Lipinski definition) is 1. The molecule has 0 aromatic heterocycles. The molecule has 0 atom stereocenters. The van der Waals surface area contributed by atoms with E-state index in [4.69, 9.17) is 18.0 Å². The highest BCUT2D eigenvalue weighted by molar-refractivity contribution is 7.80. The van der Waals surface area contributed by atoms with Gasteiger partial charge in [-0.25, -0.2) is 0 Å². The van der Waals surface area contributed by atoms with Crippen LogP contribution in [0.25, 0.3) is 6.08 Å². The van der Waals surface area contributed by atoms with Gasteiger partial charge in [0.15, 0.2) is 0 Å². The highest BCUT2D eigenvalue weighted by Gasteiger charge is 2.11. The number of nitrogens with two attached hydrogens (primary N) is 1. The molecule has 0 aliphatic rings. The Labute approximate surface area is 123 Å². The smallest absolute Gasteiger partial charge is 0.0382 e. The minimum Gasteiger partial charge on any atom is -0.398 e. The Morgan fingerprint density at radius 2 is 1.37 bits per heavy atom. The molecule has 106 valence electrons. The number of rotatable bonds is 2. The van der Waals surface area contributed by atoms with Crippen molar-refractivity contribution in [2.75, 3.05) is 5.73 Å². The van der Waals surface area contributed by atoms with Crippen LogP contribution in [0, 0.1) is 27.7 Å². The molecule has 0 unspecified atom stereocenters. The van der Waals surface area contributed by atoms with E-state index in [1.165, 1.54) is 22.3 Å². The number of nitrogen functional groups attached to an aromatic ring is 1. The molecule has 0 fully saturated rings. The third-order valence-electron chi connectivity index (χ3n) is 3.66. The summed E-state index contributed by atoms with van der Waals surface area (Å²) in [6.45, 7) is 16.4. The van der Waals surface area contributed by atoms with E-state index in [1.54, 1.807) is 0 Å². The van der Waals surface area contributed by atoms with Crippen molar-refractivity contribution in [3.05, 3.63) is 33.4 Å². The molecule has 0 heterocycles. The van der Waals surface area contributed by atoms with E-state index in [2.05, 4.69) is 33.8 Å². The normalized spacial score (nSPS) is 10.8. The highest BCUT2D eigenvalue weighted by atomic mass is 32.1. The summed E-state index contributed by atoms with van der Waals surface area (Å²) >= 11 is 5.20. The van der Waals surface area contributed by atoms with Crippen LogP contribution in [0.3, 0.4) is 0 Å². The van der Waals surface area contributed by atoms with Gasteiger partial charge in [0.25, 0.3) is 0 Å². The van der Waals surface area contributed by atoms with Crippen molar-refractivity contribution in [2.45, 2.75) is 55.4 Å². The summed E-state index contributed by atoms with van der Waals surface area (Å²) in [6, 6.07) is 0. The fraction of sp³-hybridized carbons (Fsp3) is 0.471. The van der Waals surface area contributed by atoms with Crippen LogP contribution < -0.4 is 5.73 Å². The van der Waals surface area contributed by atoms with Crippen molar-refractivity contribution in [1.82, 2.24) is 0 Å². The SMILES string of the molecule is CC.CC(=S)/C(C)=C/c1c(C)c(C)c(C)c(N)c1C. The molecule has 19 heavy (non-hydrogen) atoms. The van der Waals surface area contributed by atoms with Crippen molar-refractivity contribution in [2.24, 2.45) is 0 Å². The van der Waals surface area contributed by atoms with Gasteiger partial charge in [0, 0.05) is 10.6 Å². The molecule has 0 aliphatic heterocycles. The third kappa shape index (κ3) is 3.90. The molecule has 0 saturated heterocycles. The first kappa shape index (κ1) is 17.8. The van der Waals surface area contributed by atoms with Gasteiger partial charge in [0.1, 0.15) is 0 Å². The molecule has 2 heteroatoms. The first-order chi connectivity index (χ1) is 8.77. The molecule has 1 aromatic carbocycles. The van der Waals surface area contributed by atoms with Crippen LogP contribution in [0.1, 0.15) is 55.5 Å². The molecule has 0 radical (unpaired) electrons. The fourth-order valence-corrected chi connectivity index (χ4v) is 1.99. The van der Waals surface area contributed by atoms with Gasteiger partial charge in [-0.3, -0.25) is 0 Å². The van der Waals surface area contributed by atoms with Crippen molar-refractivity contribution in [1.29, 1.82) is 0 Å². The van der Waals surface area contributed by atoms with Crippen LogP contribution in [0.4, 0.5) is 5.69 Å². The lowest BCUT2D eigenvalue weighted by molar-refractivity contribution is 1.22. The number of benzene rings is 1. The number of hydrogen-bond acceptors (Lipinski definition) is 2. The Morgan fingerprint density at radius 1 is 0.895 bits per heavy atom. The second kappa shape index (κ2) is 7.44. The van der Waals surface area contributed by atoms with Gasteiger partial charge in [0.2, 0.25) is 0 Å². The third-order valence-corrected chi connectivity index (χ3v) is 3.98. The predicted molar refractivity (Wildman–Crippen MR) is 93.1 cm³/mol. The van der Waals surface area contributed by atoms with Crippen LogP contribution in [0.2, 0.25) is 0 Å². The van der Waals surface area contributed by atoms with Crippen LogP contribution >= 0.6 is 12.2 Å². The van der Waals surface area contributed by atoms with Crippen LogP contribution in [0.15, 0.2) is 5.57 Å². The van der Waals surface area contributed by atoms with E-state index in [9.17, 15) is 0 Å². The molecule has 0 saturated carbocycles. The van der Waals surface area contributed by atoms with Gasteiger partial charge in [-0.05, 0) is 74.9 Å². The predicted octanol–water partition coefficient (Wildman–Crippen LogP) is 5.32. The maximum atomic E-state index is 6.14. The Kier molecular flexibility index (Phi) is 6.99. The topological polar surface area (TPSA) is 26.0 Å². The molecule has 1 aromatic rings. The Hall–Kier alpha value is -1.15. The van der Waals surface area contributed by atoms with Gasteiger partial charge >= 0.3 is 0 Å². The summed E-state index contributed by atoms with van der Waals surface area (Å²) in [6.07, 6.45) is 2.15. The van der Waals surface area contributed by atoms with Crippen molar-refractivity contribution in [3.63, 3.8) is 0 Å². The molecular weight excluding hydrogens is 250 g/mol. The number of thiocarbonyl (C=S) groups is 1. The van der Waals surface area contributed by atoms with Crippen molar-refractivity contribution >= 4 is 28.8 Å². The average Bonchev–Trinajstić information content (AvgIpc) is 2.41. The Balaban J connectivity index is 0.00000154. The van der Waals surface area contributed by atoms with Crippen molar-refractivity contribution in [3.8, 4) is 0 Å². The van der Waals surface area contributed by atoms with Gasteiger partial charge < -0.3 is 5.73 Å². The minimum atomic E-state index is 0.897. The molecule has 1 rings (SSSR count). The van der Waals surface area contributed by atoms with Crippen molar-refractivity contribution < 1.29 is 0 Å². The maximum Gasteiger partial charge on any atom is 0.0382 e. The molecule has 2 N–H and O–H groups in total. The molecule has 1 nitrogen and oxygen atoms in total. The van der Waals surface area contributed by atoms with Gasteiger partial charge in [-0.2, -0.15) is 0 Å². The average molecular weight is 277 g/mol. The highest BCUT2D eigenvalue weighted by Crippen LogP contribution is 2.30. The van der Waals surface area contributed by atoms with E-state index in [1.807, 2.05) is 27.7 Å². The lowest BCUT2D eigenvalue weighted by atomic mass is 9.91. The zero-order valence-corrected chi connectivity index (χ0v) is 14.4. The first-order valence-electron chi connectivity index (χ1n) is 6.82. The molecular formula is C17H27NS. The van der Waals surface area contributed by atoms with E-state index >= 15 is 0 Å². The lowest BCUT2D eigenvalue weighted by Gasteiger charge is -2.16. The summed E-state index contributed by atoms with van der Waals surface area (Å²) in [4.78, 5) is 0.931. The Morgan fingerprint density at radius 3 is 1.79 bits per heavy atom. The second-order valence-electron chi connectivity index (χ2n) is 4.71. The number of allylic oxidation sites excluding steroid dienone is 1. The molecule has 0 spiro atoms. The largest absolute Gasteiger partial charge is 0.398 e. The lowest BCUT2D eigenvalue weighted by Crippen LogP contribution is -2.03. The van der Waals surface area contributed by atoms with Crippen LogP contribution in [-0.2, 0) is 0 Å². The van der Waals surface area contributed by atoms with E-state index in [0.29, 0.717) is 0 Å². The van der Waals surface area contributed by atoms with Gasteiger partial charge in [-0.1, -0.05) is 32.1 Å². The molecule has 0 amide bonds. The standard InChI is InChI=1S/C15H21NS.C2H6/c1-8(13(6)17)7-14-10(3)9(2)11(4)15(16)12(14)5;1-2/h7H,16H2,1-6H3;1-2H3/b8-7+;. The fourth-order valence-electron chi connectivity index (χ4n) is 1.93. The first-order valence-corrected chi connectivity index (χ1v) is 7.23. The summed E-state index contributed by atoms with van der Waals surface area (Å²) in [5.74, 6) is 0. The van der Waals surface area contributed by atoms with Crippen LogP contribution in [0.5, 0.6) is 0 Å². The van der Waals surface area contributed by atoms with E-state index in [-0.39, 0.29) is 0 Å². The van der Waals surface area contributed by atoms with Crippen LogP contribution in [-0.4, -0.2) is 4.86 Å². The molecule has 0 bridgehead atoms. The summed E-state index contributed by atoms with van der Waals surface area (Å²) < 4.78 is 0. The second-order valence-corrected chi connectivity index (χ2v) is 5.32. The summed E-state index contributed by atoms with van der Waals surface area (Å²) in [5.41, 5.74) is 14.3. The van der Waals surface area contributed by atoms with E-state index in [0.717, 1.165) is 21.7 Å². The maximum absolute atomic E-state index is 6.14. The van der Waals surface area contributed by atoms with Gasteiger partial charge in [0.05, 0.1) is 0 Å². The summed E-state index contributed by atoms with van der Waals surface area (Å²) in [5, 5.41) is 0. The number of anilines is 1. The monoisotopic (exact) mass is 277 g/mol. The quantitative estimate of drug-likeness (QED) is 0.449. The minimum absolute atomic E-state index is 0.897. The zero-order chi connectivity index (χ0) is 15.3. The molecule has 0 aliphatic carbocycles.